The Morgan fingerprint density at radius 1 is 1.00 bits per heavy atom. The standard InChI is InChI=1S/C6H10O.C2H4Cl2/c7-6-4-2-1-3-5-6;3-1-2-4/h1-5H2;1-2H2. The van der Waals surface area contributed by atoms with Crippen LogP contribution in [0.15, 0.2) is 0 Å². The van der Waals surface area contributed by atoms with Crippen molar-refractivity contribution >= 4 is 29.0 Å². The molecule has 0 saturated heterocycles. The molecular weight excluding hydrogens is 183 g/mol. The first kappa shape index (κ1) is 11.2. The van der Waals surface area contributed by atoms with Gasteiger partial charge in [-0.05, 0) is 12.8 Å². The van der Waals surface area contributed by atoms with E-state index in [4.69, 9.17) is 23.2 Å². The quantitative estimate of drug-likeness (QED) is 0.590. The summed E-state index contributed by atoms with van der Waals surface area (Å²) in [6.07, 6.45) is 5.24. The lowest BCUT2D eigenvalue weighted by molar-refractivity contribution is -0.120. The molecular formula is C8H14Cl2O. The van der Waals surface area contributed by atoms with Crippen molar-refractivity contribution in [2.45, 2.75) is 32.1 Å². The van der Waals surface area contributed by atoms with Crippen molar-refractivity contribution in [3.63, 3.8) is 0 Å². The van der Waals surface area contributed by atoms with Gasteiger partial charge in [0.05, 0.1) is 0 Å². The molecule has 0 aromatic rings. The maximum absolute atomic E-state index is 10.5. The van der Waals surface area contributed by atoms with Crippen molar-refractivity contribution < 1.29 is 4.79 Å². The molecule has 1 aliphatic rings. The number of Topliss-reactive ketones (excluding diaryl/α,β-unsaturated/α-hetero) is 1. The molecule has 0 aliphatic heterocycles. The van der Waals surface area contributed by atoms with Crippen LogP contribution < -0.4 is 0 Å². The van der Waals surface area contributed by atoms with Crippen LogP contribution in [0.4, 0.5) is 0 Å². The van der Waals surface area contributed by atoms with Gasteiger partial charge in [0.15, 0.2) is 0 Å². The van der Waals surface area contributed by atoms with Gasteiger partial charge in [-0.3, -0.25) is 4.79 Å². The molecule has 0 heterocycles. The SMILES string of the molecule is ClCCCl.O=C1CCCCC1. The van der Waals surface area contributed by atoms with E-state index < -0.39 is 0 Å². The Bertz CT molecular complexity index is 94.3. The lowest BCUT2D eigenvalue weighted by Crippen LogP contribution is -2.02. The molecule has 0 N–H and O–H groups in total. The van der Waals surface area contributed by atoms with Crippen LogP contribution in [0.25, 0.3) is 0 Å². The lowest BCUT2D eigenvalue weighted by atomic mass is 10.00. The molecule has 0 radical (unpaired) electrons. The Balaban J connectivity index is 0.000000218. The summed E-state index contributed by atoms with van der Waals surface area (Å²) in [5.41, 5.74) is 0. The van der Waals surface area contributed by atoms with Gasteiger partial charge in [0, 0.05) is 24.6 Å². The molecule has 1 nitrogen and oxygen atoms in total. The van der Waals surface area contributed by atoms with E-state index >= 15 is 0 Å². The van der Waals surface area contributed by atoms with Crippen LogP contribution in [0.1, 0.15) is 32.1 Å². The number of halogens is 2. The van der Waals surface area contributed by atoms with Gasteiger partial charge >= 0.3 is 0 Å². The van der Waals surface area contributed by atoms with Gasteiger partial charge in [-0.2, -0.15) is 0 Å². The van der Waals surface area contributed by atoms with Crippen molar-refractivity contribution in [3.05, 3.63) is 0 Å². The molecule has 0 aromatic heterocycles. The van der Waals surface area contributed by atoms with E-state index in [2.05, 4.69) is 0 Å². The average Bonchev–Trinajstić information content (AvgIpc) is 2.07. The Kier molecular flexibility index (Phi) is 8.54. The fourth-order valence-electron chi connectivity index (χ4n) is 0.946. The summed E-state index contributed by atoms with van der Waals surface area (Å²) in [6, 6.07) is 0. The first-order valence-corrected chi connectivity index (χ1v) is 5.01. The van der Waals surface area contributed by atoms with Gasteiger partial charge in [0.2, 0.25) is 0 Å². The molecule has 0 aromatic carbocycles. The third kappa shape index (κ3) is 8.15. The van der Waals surface area contributed by atoms with Gasteiger partial charge < -0.3 is 0 Å². The van der Waals surface area contributed by atoms with E-state index in [1.54, 1.807) is 0 Å². The van der Waals surface area contributed by atoms with Gasteiger partial charge in [-0.25, -0.2) is 0 Å². The van der Waals surface area contributed by atoms with Gasteiger partial charge in [0.1, 0.15) is 5.78 Å². The third-order valence-corrected chi connectivity index (χ3v) is 2.05. The predicted molar refractivity (Wildman–Crippen MR) is 49.5 cm³/mol. The average molecular weight is 197 g/mol. The Morgan fingerprint density at radius 3 is 1.64 bits per heavy atom. The summed E-state index contributed by atoms with van der Waals surface area (Å²) >= 11 is 10.1. The number of hydrogen-bond acceptors (Lipinski definition) is 1. The number of carbonyl (C=O) groups is 1. The van der Waals surface area contributed by atoms with Crippen molar-refractivity contribution in [3.8, 4) is 0 Å². The molecule has 0 unspecified atom stereocenters. The summed E-state index contributed by atoms with van der Waals surface area (Å²) in [7, 11) is 0. The van der Waals surface area contributed by atoms with Gasteiger partial charge in [-0.15, -0.1) is 23.2 Å². The largest absolute Gasteiger partial charge is 0.300 e. The molecule has 0 atom stereocenters. The minimum Gasteiger partial charge on any atom is -0.300 e. The Labute approximate surface area is 78.1 Å². The Morgan fingerprint density at radius 2 is 1.45 bits per heavy atom. The van der Waals surface area contributed by atoms with E-state index in [1.165, 1.54) is 6.42 Å². The molecule has 1 aliphatic carbocycles. The van der Waals surface area contributed by atoms with Crippen molar-refractivity contribution in [2.75, 3.05) is 11.8 Å². The second-order valence-corrected chi connectivity index (χ2v) is 3.23. The molecule has 3 heteroatoms. The van der Waals surface area contributed by atoms with Crippen LogP contribution in [-0.2, 0) is 4.79 Å². The number of rotatable bonds is 1. The molecule has 1 rings (SSSR count). The van der Waals surface area contributed by atoms with Gasteiger partial charge in [0.25, 0.3) is 0 Å². The van der Waals surface area contributed by atoms with Gasteiger partial charge in [-0.1, -0.05) is 6.42 Å². The fourth-order valence-corrected chi connectivity index (χ4v) is 0.946. The van der Waals surface area contributed by atoms with E-state index in [1.807, 2.05) is 0 Å². The number of carbonyl (C=O) groups excluding carboxylic acids is 1. The minimum atomic E-state index is 0.464. The molecule has 0 spiro atoms. The maximum Gasteiger partial charge on any atom is 0.132 e. The molecule has 66 valence electrons. The zero-order chi connectivity index (χ0) is 8.53. The first-order valence-electron chi connectivity index (χ1n) is 3.95. The highest BCUT2D eigenvalue weighted by Crippen LogP contribution is 2.12. The first-order chi connectivity index (χ1) is 5.31. The molecule has 1 saturated carbocycles. The second-order valence-electron chi connectivity index (χ2n) is 2.48. The summed E-state index contributed by atoms with van der Waals surface area (Å²) in [4.78, 5) is 10.5. The smallest absolute Gasteiger partial charge is 0.132 e. The molecule has 0 bridgehead atoms. The fraction of sp³-hybridized carbons (Fsp3) is 0.875. The zero-order valence-corrected chi connectivity index (χ0v) is 8.13. The normalized spacial score (nSPS) is 17.1. The highest BCUT2D eigenvalue weighted by atomic mass is 35.5. The minimum absolute atomic E-state index is 0.464. The van der Waals surface area contributed by atoms with E-state index in [9.17, 15) is 4.79 Å². The molecule has 1 fully saturated rings. The third-order valence-electron chi connectivity index (χ3n) is 1.48. The zero-order valence-electron chi connectivity index (χ0n) is 6.61. The van der Waals surface area contributed by atoms with E-state index in [0.29, 0.717) is 17.5 Å². The summed E-state index contributed by atoms with van der Waals surface area (Å²) in [5.74, 6) is 1.58. The molecule has 11 heavy (non-hydrogen) atoms. The van der Waals surface area contributed by atoms with Crippen LogP contribution in [0.3, 0.4) is 0 Å². The summed E-state index contributed by atoms with van der Waals surface area (Å²) < 4.78 is 0. The maximum atomic E-state index is 10.5. The van der Waals surface area contributed by atoms with Crippen molar-refractivity contribution in [1.29, 1.82) is 0 Å². The number of alkyl halides is 2. The monoisotopic (exact) mass is 196 g/mol. The Hall–Kier alpha value is 0.250. The summed E-state index contributed by atoms with van der Waals surface area (Å²) in [5, 5.41) is 0. The van der Waals surface area contributed by atoms with Crippen molar-refractivity contribution in [1.82, 2.24) is 0 Å². The lowest BCUT2D eigenvalue weighted by Gasteiger charge is -2.05. The number of hydrogen-bond donors (Lipinski definition) is 0. The van der Waals surface area contributed by atoms with Crippen LogP contribution in [0, 0.1) is 0 Å². The van der Waals surface area contributed by atoms with Crippen molar-refractivity contribution in [2.24, 2.45) is 0 Å². The summed E-state index contributed by atoms with van der Waals surface area (Å²) in [6.45, 7) is 0. The van der Waals surface area contributed by atoms with E-state index in [0.717, 1.165) is 25.7 Å². The van der Waals surface area contributed by atoms with Crippen LogP contribution in [0.5, 0.6) is 0 Å². The van der Waals surface area contributed by atoms with E-state index in [-0.39, 0.29) is 0 Å². The predicted octanol–water partition coefficient (Wildman–Crippen LogP) is 2.98. The second kappa shape index (κ2) is 8.35. The topological polar surface area (TPSA) is 17.1 Å². The van der Waals surface area contributed by atoms with Crippen LogP contribution >= 0.6 is 23.2 Å². The molecule has 0 amide bonds. The highest BCUT2D eigenvalue weighted by molar-refractivity contribution is 6.25. The highest BCUT2D eigenvalue weighted by Gasteiger charge is 2.05. The van der Waals surface area contributed by atoms with Crippen LogP contribution in [-0.4, -0.2) is 17.5 Å². The van der Waals surface area contributed by atoms with Crippen LogP contribution in [0.2, 0.25) is 0 Å². The number of ketones is 1.